The molecule has 1 aromatic rings. The van der Waals surface area contributed by atoms with Crippen LogP contribution >= 0.6 is 0 Å². The number of methoxy groups -OCH3 is 1. The van der Waals surface area contributed by atoms with Gasteiger partial charge in [0.25, 0.3) is 0 Å². The Balaban J connectivity index is 1.77. The first-order chi connectivity index (χ1) is 12.0. The largest absolute Gasteiger partial charge is 0.504 e. The quantitative estimate of drug-likeness (QED) is 0.730. The van der Waals surface area contributed by atoms with Crippen LogP contribution in [0, 0.1) is 11.8 Å². The van der Waals surface area contributed by atoms with Gasteiger partial charge in [-0.1, -0.05) is 32.8 Å². The van der Waals surface area contributed by atoms with Gasteiger partial charge in [0, 0.05) is 6.04 Å². The van der Waals surface area contributed by atoms with Gasteiger partial charge in [-0.25, -0.2) is 0 Å². The van der Waals surface area contributed by atoms with Crippen molar-refractivity contribution < 1.29 is 14.6 Å². The van der Waals surface area contributed by atoms with Crippen LogP contribution in [0.1, 0.15) is 64.4 Å². The van der Waals surface area contributed by atoms with Crippen molar-refractivity contribution in [3.63, 3.8) is 0 Å². The molecule has 2 N–H and O–H groups in total. The molecule has 1 saturated carbocycles. The number of amides is 1. The van der Waals surface area contributed by atoms with Crippen LogP contribution in [0.25, 0.3) is 0 Å². The molecule has 0 saturated heterocycles. The maximum atomic E-state index is 12.3. The van der Waals surface area contributed by atoms with Crippen LogP contribution in [-0.4, -0.2) is 24.2 Å². The van der Waals surface area contributed by atoms with E-state index in [1.807, 2.05) is 0 Å². The third kappa shape index (κ3) is 5.94. The number of hydrogen-bond donors (Lipinski definition) is 2. The van der Waals surface area contributed by atoms with E-state index >= 15 is 0 Å². The molecule has 1 aliphatic carbocycles. The topological polar surface area (TPSA) is 58.6 Å². The maximum Gasteiger partial charge on any atom is 0.224 e. The van der Waals surface area contributed by atoms with Gasteiger partial charge in [0.05, 0.1) is 13.5 Å². The molecule has 140 valence electrons. The molecular weight excluding hydrogens is 314 g/mol. The second-order valence-electron chi connectivity index (χ2n) is 7.39. The number of benzene rings is 1. The first-order valence-electron chi connectivity index (χ1n) is 9.70. The fraction of sp³-hybridized carbons (Fsp3) is 0.667. The smallest absolute Gasteiger partial charge is 0.224 e. The molecule has 0 aliphatic heterocycles. The second-order valence-corrected chi connectivity index (χ2v) is 7.39. The summed E-state index contributed by atoms with van der Waals surface area (Å²) in [6, 6.07) is 5.38. The molecule has 1 aliphatic rings. The first kappa shape index (κ1) is 19.6. The Morgan fingerprint density at radius 1 is 1.24 bits per heavy atom. The van der Waals surface area contributed by atoms with Gasteiger partial charge >= 0.3 is 0 Å². The Labute approximate surface area is 152 Å². The average molecular weight is 347 g/mol. The monoisotopic (exact) mass is 347 g/mol. The number of rotatable bonds is 8. The molecule has 0 spiro atoms. The number of ether oxygens (including phenoxy) is 1. The number of hydrogen-bond acceptors (Lipinski definition) is 3. The van der Waals surface area contributed by atoms with Crippen molar-refractivity contribution in [2.75, 3.05) is 7.11 Å². The van der Waals surface area contributed by atoms with Gasteiger partial charge < -0.3 is 15.2 Å². The van der Waals surface area contributed by atoms with Crippen molar-refractivity contribution in [1.82, 2.24) is 5.32 Å². The molecule has 0 heterocycles. The highest BCUT2D eigenvalue weighted by molar-refractivity contribution is 5.79. The van der Waals surface area contributed by atoms with Crippen LogP contribution < -0.4 is 10.1 Å². The predicted octanol–water partition coefficient (Wildman–Crippen LogP) is 4.44. The van der Waals surface area contributed by atoms with Crippen molar-refractivity contribution in [3.8, 4) is 11.5 Å². The van der Waals surface area contributed by atoms with Crippen molar-refractivity contribution >= 4 is 5.91 Å². The number of phenolic OH excluding ortho intramolecular Hbond substituents is 1. The molecule has 25 heavy (non-hydrogen) atoms. The third-order valence-corrected chi connectivity index (χ3v) is 5.64. The zero-order chi connectivity index (χ0) is 18.2. The van der Waals surface area contributed by atoms with E-state index < -0.39 is 0 Å². The Hall–Kier alpha value is -1.71. The molecule has 1 aromatic carbocycles. The molecule has 1 fully saturated rings. The van der Waals surface area contributed by atoms with E-state index in [0.717, 1.165) is 30.2 Å². The van der Waals surface area contributed by atoms with Crippen LogP contribution in [-0.2, 0) is 11.2 Å². The van der Waals surface area contributed by atoms with E-state index in [4.69, 9.17) is 4.74 Å². The first-order valence-corrected chi connectivity index (χ1v) is 9.70. The second kappa shape index (κ2) is 9.69. The standard InChI is InChI=1S/C21H33NO3/c1-4-15(5-2)12-16-6-9-18(10-7-16)22-21(24)14-17-8-11-19(23)20(13-17)25-3/h8,11,13,15-16,18,23H,4-7,9-10,12,14H2,1-3H3,(H,22,24)/t16-,18-. The number of phenols is 1. The van der Waals surface area contributed by atoms with Gasteiger partial charge in [-0.15, -0.1) is 0 Å². The Morgan fingerprint density at radius 2 is 1.92 bits per heavy atom. The normalized spacial score (nSPS) is 20.5. The zero-order valence-electron chi connectivity index (χ0n) is 15.9. The molecule has 0 radical (unpaired) electrons. The molecule has 0 atom stereocenters. The minimum atomic E-state index is 0.0520. The third-order valence-electron chi connectivity index (χ3n) is 5.64. The van der Waals surface area contributed by atoms with Crippen molar-refractivity contribution in [2.45, 2.75) is 71.3 Å². The van der Waals surface area contributed by atoms with Gasteiger partial charge in [0.15, 0.2) is 11.5 Å². The van der Waals surface area contributed by atoms with Crippen LogP contribution in [0.5, 0.6) is 11.5 Å². The highest BCUT2D eigenvalue weighted by Crippen LogP contribution is 2.31. The Bertz CT molecular complexity index is 546. The predicted molar refractivity (Wildman–Crippen MR) is 101 cm³/mol. The van der Waals surface area contributed by atoms with Crippen LogP contribution in [0.2, 0.25) is 0 Å². The summed E-state index contributed by atoms with van der Waals surface area (Å²) < 4.78 is 5.10. The van der Waals surface area contributed by atoms with Crippen LogP contribution in [0.3, 0.4) is 0 Å². The summed E-state index contributed by atoms with van der Waals surface area (Å²) in [6.07, 6.45) is 8.88. The molecule has 1 amide bonds. The zero-order valence-corrected chi connectivity index (χ0v) is 15.9. The minimum Gasteiger partial charge on any atom is -0.504 e. The number of carbonyl (C=O) groups is 1. The van der Waals surface area contributed by atoms with Gasteiger partial charge in [-0.3, -0.25) is 4.79 Å². The maximum absolute atomic E-state index is 12.3. The van der Waals surface area contributed by atoms with Crippen LogP contribution in [0.15, 0.2) is 18.2 Å². The fourth-order valence-electron chi connectivity index (χ4n) is 3.93. The van der Waals surface area contributed by atoms with Crippen molar-refractivity contribution in [3.05, 3.63) is 23.8 Å². The lowest BCUT2D eigenvalue weighted by Gasteiger charge is -2.31. The van der Waals surface area contributed by atoms with E-state index in [9.17, 15) is 9.90 Å². The van der Waals surface area contributed by atoms with Gasteiger partial charge in [-0.05, 0) is 61.6 Å². The molecule has 2 rings (SSSR count). The van der Waals surface area contributed by atoms with E-state index in [2.05, 4.69) is 19.2 Å². The number of nitrogens with one attached hydrogen (secondary N) is 1. The molecule has 4 nitrogen and oxygen atoms in total. The van der Waals surface area contributed by atoms with Crippen molar-refractivity contribution in [1.29, 1.82) is 0 Å². The van der Waals surface area contributed by atoms with Crippen molar-refractivity contribution in [2.24, 2.45) is 11.8 Å². The lowest BCUT2D eigenvalue weighted by Crippen LogP contribution is -2.38. The number of carbonyl (C=O) groups excluding carboxylic acids is 1. The molecule has 0 bridgehead atoms. The highest BCUT2D eigenvalue weighted by atomic mass is 16.5. The number of aromatic hydroxyl groups is 1. The lowest BCUT2D eigenvalue weighted by atomic mass is 9.79. The van der Waals surface area contributed by atoms with E-state index in [-0.39, 0.29) is 11.7 Å². The summed E-state index contributed by atoms with van der Waals surface area (Å²) in [4.78, 5) is 12.3. The molecule has 4 heteroatoms. The van der Waals surface area contributed by atoms with Gasteiger partial charge in [-0.2, -0.15) is 0 Å². The summed E-state index contributed by atoms with van der Waals surface area (Å²) in [5, 5.41) is 12.8. The minimum absolute atomic E-state index is 0.0520. The Kier molecular flexibility index (Phi) is 7.60. The molecular formula is C21H33NO3. The van der Waals surface area contributed by atoms with Gasteiger partial charge in [0.2, 0.25) is 5.91 Å². The Morgan fingerprint density at radius 3 is 2.52 bits per heavy atom. The van der Waals surface area contributed by atoms with E-state index in [1.54, 1.807) is 18.2 Å². The van der Waals surface area contributed by atoms with E-state index in [1.165, 1.54) is 39.2 Å². The SMILES string of the molecule is CCC(CC)C[C@H]1CC[C@H](NC(=O)Cc2ccc(O)c(OC)c2)CC1. The highest BCUT2D eigenvalue weighted by Gasteiger charge is 2.24. The summed E-state index contributed by atoms with van der Waals surface area (Å²) in [5.41, 5.74) is 0.856. The molecule has 0 aromatic heterocycles. The summed E-state index contributed by atoms with van der Waals surface area (Å²) in [7, 11) is 1.51. The lowest BCUT2D eigenvalue weighted by molar-refractivity contribution is -0.121. The summed E-state index contributed by atoms with van der Waals surface area (Å²) in [5.74, 6) is 2.26. The summed E-state index contributed by atoms with van der Waals surface area (Å²) >= 11 is 0. The van der Waals surface area contributed by atoms with Crippen LogP contribution in [0.4, 0.5) is 0 Å². The van der Waals surface area contributed by atoms with E-state index in [0.29, 0.717) is 18.2 Å². The van der Waals surface area contributed by atoms with Gasteiger partial charge in [0.1, 0.15) is 0 Å². The fourth-order valence-corrected chi connectivity index (χ4v) is 3.93. The molecule has 0 unspecified atom stereocenters. The summed E-state index contributed by atoms with van der Waals surface area (Å²) in [6.45, 7) is 4.58. The average Bonchev–Trinajstić information content (AvgIpc) is 2.62.